The Labute approximate surface area is 167 Å². The number of anilines is 1. The van der Waals surface area contributed by atoms with Gasteiger partial charge in [-0.15, -0.1) is 0 Å². The zero-order valence-electron chi connectivity index (χ0n) is 17.8. The molecule has 1 aromatic carbocycles. The van der Waals surface area contributed by atoms with Crippen LogP contribution in [0.4, 0.5) is 5.69 Å². The van der Waals surface area contributed by atoms with Crippen molar-refractivity contribution >= 4 is 16.6 Å². The molecule has 0 aliphatic carbocycles. The summed E-state index contributed by atoms with van der Waals surface area (Å²) in [5, 5.41) is 0.808. The number of allylic oxidation sites excluding steroid dienone is 3. The van der Waals surface area contributed by atoms with Crippen LogP contribution < -0.4 is 20.8 Å². The molecule has 0 amide bonds. The summed E-state index contributed by atoms with van der Waals surface area (Å²) in [5.74, 6) is 0.713. The van der Waals surface area contributed by atoms with Crippen LogP contribution in [0.25, 0.3) is 10.9 Å². The van der Waals surface area contributed by atoms with E-state index in [4.69, 9.17) is 15.2 Å². The Hall–Kier alpha value is -2.69. The molecule has 0 fully saturated rings. The Morgan fingerprint density at radius 1 is 1.18 bits per heavy atom. The fraction of sp³-hybridized carbons (Fsp3) is 0.435. The minimum Gasteiger partial charge on any atom is -0.485 e. The maximum absolute atomic E-state index is 12.8. The van der Waals surface area contributed by atoms with E-state index in [1.54, 1.807) is 23.7 Å². The molecule has 5 nitrogen and oxygen atoms in total. The molecule has 2 rings (SSSR count). The van der Waals surface area contributed by atoms with Crippen LogP contribution >= 0.6 is 0 Å². The number of nitrogens with zero attached hydrogens (tertiary/aromatic N) is 1. The molecule has 2 aromatic rings. The van der Waals surface area contributed by atoms with Crippen molar-refractivity contribution in [2.45, 2.75) is 53.6 Å². The summed E-state index contributed by atoms with van der Waals surface area (Å²) in [6, 6.07) is 5.46. The first kappa shape index (κ1) is 21.6. The SMILES string of the molecule is CC(C)=CCC/C(C)=C/COc1c(OC(C)C)c(=O)n(C)c2cc(N)ccc12. The second-order valence-corrected chi connectivity index (χ2v) is 7.65. The molecule has 152 valence electrons. The van der Waals surface area contributed by atoms with Gasteiger partial charge in [-0.25, -0.2) is 0 Å². The van der Waals surface area contributed by atoms with E-state index in [1.165, 1.54) is 11.1 Å². The summed E-state index contributed by atoms with van der Waals surface area (Å²) >= 11 is 0. The van der Waals surface area contributed by atoms with Crippen molar-refractivity contribution in [3.8, 4) is 11.5 Å². The van der Waals surface area contributed by atoms with E-state index in [0.29, 0.717) is 18.0 Å². The Morgan fingerprint density at radius 2 is 1.89 bits per heavy atom. The monoisotopic (exact) mass is 384 g/mol. The lowest BCUT2D eigenvalue weighted by atomic mass is 10.1. The van der Waals surface area contributed by atoms with Gasteiger partial charge in [0.15, 0.2) is 5.75 Å². The smallest absolute Gasteiger partial charge is 0.297 e. The number of aryl methyl sites for hydroxylation is 1. The highest BCUT2D eigenvalue weighted by Gasteiger charge is 2.19. The summed E-state index contributed by atoms with van der Waals surface area (Å²) in [4.78, 5) is 12.8. The Morgan fingerprint density at radius 3 is 2.54 bits per heavy atom. The molecule has 28 heavy (non-hydrogen) atoms. The fourth-order valence-electron chi connectivity index (χ4n) is 2.94. The van der Waals surface area contributed by atoms with Crippen LogP contribution in [0.2, 0.25) is 0 Å². The third kappa shape index (κ3) is 5.41. The molecule has 0 radical (unpaired) electrons. The van der Waals surface area contributed by atoms with Gasteiger partial charge in [0.05, 0.1) is 11.6 Å². The van der Waals surface area contributed by atoms with Gasteiger partial charge in [-0.3, -0.25) is 4.79 Å². The predicted molar refractivity (Wildman–Crippen MR) is 117 cm³/mol. The van der Waals surface area contributed by atoms with Gasteiger partial charge in [-0.05, 0) is 71.7 Å². The van der Waals surface area contributed by atoms with E-state index >= 15 is 0 Å². The van der Waals surface area contributed by atoms with Crippen LogP contribution in [0.15, 0.2) is 46.3 Å². The number of pyridine rings is 1. The number of aromatic nitrogens is 1. The molecule has 1 heterocycles. The number of benzene rings is 1. The van der Waals surface area contributed by atoms with E-state index in [-0.39, 0.29) is 17.4 Å². The van der Waals surface area contributed by atoms with Crippen LogP contribution in [-0.2, 0) is 7.05 Å². The Balaban J connectivity index is 2.37. The van der Waals surface area contributed by atoms with Gasteiger partial charge in [0.1, 0.15) is 6.61 Å². The minimum absolute atomic E-state index is 0.136. The van der Waals surface area contributed by atoms with Crippen molar-refractivity contribution in [1.29, 1.82) is 0 Å². The maximum atomic E-state index is 12.8. The number of nitrogen functional groups attached to an aromatic ring is 1. The summed E-state index contributed by atoms with van der Waals surface area (Å²) in [7, 11) is 1.72. The number of fused-ring (bicyclic) bond motifs is 1. The van der Waals surface area contributed by atoms with E-state index < -0.39 is 0 Å². The molecule has 0 bridgehead atoms. The highest BCUT2D eigenvalue weighted by molar-refractivity contribution is 5.90. The molecule has 1 aromatic heterocycles. The molecular weight excluding hydrogens is 352 g/mol. The van der Waals surface area contributed by atoms with Gasteiger partial charge >= 0.3 is 0 Å². The number of hydrogen-bond acceptors (Lipinski definition) is 4. The Bertz CT molecular complexity index is 948. The standard InChI is InChI=1S/C23H32N2O3/c1-15(2)8-7-9-17(5)12-13-27-21-19-11-10-18(24)14-20(19)25(6)23(26)22(21)28-16(3)4/h8,10-12,14,16H,7,9,13,24H2,1-6H3/b17-12+. The molecule has 0 aliphatic rings. The predicted octanol–water partition coefficient (Wildman–Crippen LogP) is 4.98. The Kier molecular flexibility index (Phi) is 7.32. The van der Waals surface area contributed by atoms with E-state index in [1.807, 2.05) is 19.9 Å². The quantitative estimate of drug-likeness (QED) is 0.515. The van der Waals surface area contributed by atoms with Crippen LogP contribution in [0.3, 0.4) is 0 Å². The molecule has 0 spiro atoms. The summed E-state index contributed by atoms with van der Waals surface area (Å²) < 4.78 is 13.4. The molecule has 0 unspecified atom stereocenters. The lowest BCUT2D eigenvalue weighted by molar-refractivity contribution is 0.222. The van der Waals surface area contributed by atoms with Crippen LogP contribution in [0, 0.1) is 0 Å². The second kappa shape index (κ2) is 9.49. The summed E-state index contributed by atoms with van der Waals surface area (Å²) in [6.45, 7) is 10.5. The van der Waals surface area contributed by atoms with Gasteiger partial charge in [-0.1, -0.05) is 17.2 Å². The topological polar surface area (TPSA) is 66.5 Å². The van der Waals surface area contributed by atoms with E-state index in [0.717, 1.165) is 23.7 Å². The highest BCUT2D eigenvalue weighted by Crippen LogP contribution is 2.34. The van der Waals surface area contributed by atoms with Crippen molar-refractivity contribution < 1.29 is 9.47 Å². The molecule has 0 saturated carbocycles. The molecular formula is C23H32N2O3. The highest BCUT2D eigenvalue weighted by atomic mass is 16.5. The van der Waals surface area contributed by atoms with Crippen LogP contribution in [0.5, 0.6) is 11.5 Å². The minimum atomic E-state index is -0.231. The molecule has 2 N–H and O–H groups in total. The first-order valence-corrected chi connectivity index (χ1v) is 9.71. The normalized spacial score (nSPS) is 11.8. The maximum Gasteiger partial charge on any atom is 0.297 e. The fourth-order valence-corrected chi connectivity index (χ4v) is 2.94. The van der Waals surface area contributed by atoms with Crippen molar-refractivity contribution in [2.24, 2.45) is 7.05 Å². The lowest BCUT2D eigenvalue weighted by Crippen LogP contribution is -2.23. The molecule has 0 saturated heterocycles. The van der Waals surface area contributed by atoms with Crippen molar-refractivity contribution in [3.05, 3.63) is 51.9 Å². The van der Waals surface area contributed by atoms with Crippen molar-refractivity contribution in [3.63, 3.8) is 0 Å². The van der Waals surface area contributed by atoms with Crippen LogP contribution in [-0.4, -0.2) is 17.3 Å². The third-order valence-corrected chi connectivity index (χ3v) is 4.44. The number of hydrogen-bond donors (Lipinski definition) is 1. The first-order valence-electron chi connectivity index (χ1n) is 9.71. The van der Waals surface area contributed by atoms with Crippen molar-refractivity contribution in [1.82, 2.24) is 4.57 Å². The molecule has 5 heteroatoms. The molecule has 0 atom stereocenters. The van der Waals surface area contributed by atoms with Gasteiger partial charge in [0.2, 0.25) is 5.75 Å². The third-order valence-electron chi connectivity index (χ3n) is 4.44. The number of rotatable bonds is 8. The van der Waals surface area contributed by atoms with E-state index in [9.17, 15) is 4.79 Å². The lowest BCUT2D eigenvalue weighted by Gasteiger charge is -2.18. The van der Waals surface area contributed by atoms with Crippen LogP contribution in [0.1, 0.15) is 47.5 Å². The van der Waals surface area contributed by atoms with E-state index in [2.05, 4.69) is 32.9 Å². The summed E-state index contributed by atoms with van der Waals surface area (Å²) in [6.07, 6.45) is 6.14. The average molecular weight is 385 g/mol. The average Bonchev–Trinajstić information content (AvgIpc) is 2.61. The zero-order valence-corrected chi connectivity index (χ0v) is 17.8. The number of ether oxygens (including phenoxy) is 2. The second-order valence-electron chi connectivity index (χ2n) is 7.65. The zero-order chi connectivity index (χ0) is 20.8. The van der Waals surface area contributed by atoms with Gasteiger partial charge in [0, 0.05) is 18.1 Å². The molecule has 0 aliphatic heterocycles. The van der Waals surface area contributed by atoms with Gasteiger partial charge < -0.3 is 19.8 Å². The first-order chi connectivity index (χ1) is 13.2. The summed E-state index contributed by atoms with van der Waals surface area (Å²) in [5.41, 5.74) is 9.58. The van der Waals surface area contributed by atoms with Gasteiger partial charge in [0.25, 0.3) is 5.56 Å². The number of nitrogens with two attached hydrogens (primary N) is 1. The van der Waals surface area contributed by atoms with Crippen molar-refractivity contribution in [2.75, 3.05) is 12.3 Å². The van der Waals surface area contributed by atoms with Gasteiger partial charge in [-0.2, -0.15) is 0 Å². The largest absolute Gasteiger partial charge is 0.485 e.